The highest BCUT2D eigenvalue weighted by molar-refractivity contribution is 5.85. The summed E-state index contributed by atoms with van der Waals surface area (Å²) in [6.07, 6.45) is 2.98. The number of hydrogen-bond acceptors (Lipinski definition) is 2. The maximum atomic E-state index is 13.1. The Morgan fingerprint density at radius 3 is 2.82 bits per heavy atom. The van der Waals surface area contributed by atoms with Crippen molar-refractivity contribution in [2.45, 2.75) is 19.3 Å². The summed E-state index contributed by atoms with van der Waals surface area (Å²) in [6, 6.07) is 8.54. The average Bonchev–Trinajstić information content (AvgIpc) is 3.16. The second-order valence-corrected chi connectivity index (χ2v) is 5.64. The Morgan fingerprint density at radius 2 is 2.09 bits per heavy atom. The van der Waals surface area contributed by atoms with Crippen molar-refractivity contribution in [1.29, 1.82) is 0 Å². The molecule has 0 fully saturated rings. The maximum Gasteiger partial charge on any atom is 0.293 e. The number of nitrogens with zero attached hydrogens (tertiary/aromatic N) is 2. The number of nitrogens with one attached hydrogen (secondary N) is 2. The summed E-state index contributed by atoms with van der Waals surface area (Å²) in [5.41, 5.74) is 4.95. The van der Waals surface area contributed by atoms with E-state index in [4.69, 9.17) is 0 Å². The zero-order valence-corrected chi connectivity index (χ0v) is 12.2. The van der Waals surface area contributed by atoms with E-state index in [-0.39, 0.29) is 11.7 Å². The predicted octanol–water partition coefficient (Wildman–Crippen LogP) is 3.05. The Bertz CT molecular complexity index is 864. The van der Waals surface area contributed by atoms with Crippen LogP contribution in [0.3, 0.4) is 0 Å². The van der Waals surface area contributed by atoms with Crippen molar-refractivity contribution in [1.82, 2.24) is 9.97 Å². The molecule has 1 atom stereocenters. The van der Waals surface area contributed by atoms with E-state index in [0.29, 0.717) is 0 Å². The first-order valence-electron chi connectivity index (χ1n) is 7.39. The molecule has 4 rings (SSSR count). The molecule has 1 unspecified atom stereocenters. The van der Waals surface area contributed by atoms with Gasteiger partial charge in [-0.1, -0.05) is 0 Å². The second-order valence-electron chi connectivity index (χ2n) is 5.64. The molecule has 1 aliphatic rings. The number of aliphatic imine (C=N–C) groups is 1. The fourth-order valence-corrected chi connectivity index (χ4v) is 2.97. The van der Waals surface area contributed by atoms with Crippen LogP contribution in [0.5, 0.6) is 0 Å². The van der Waals surface area contributed by atoms with Crippen LogP contribution in [-0.2, 0) is 0 Å². The summed E-state index contributed by atoms with van der Waals surface area (Å²) in [4.78, 5) is 15.7. The first-order valence-corrected chi connectivity index (χ1v) is 7.39. The van der Waals surface area contributed by atoms with E-state index in [9.17, 15) is 4.39 Å². The third kappa shape index (κ3) is 2.19. The SMILES string of the molecule is Cc1nc(C2C=NCC2)c2[nH]c(-c3ccc(F)cc3)cc2[nH+]1. The molecule has 0 saturated carbocycles. The third-order valence-electron chi connectivity index (χ3n) is 4.04. The third-order valence-corrected chi connectivity index (χ3v) is 4.04. The summed E-state index contributed by atoms with van der Waals surface area (Å²) in [5, 5.41) is 0. The number of aromatic nitrogens is 3. The number of aromatic amines is 2. The predicted molar refractivity (Wildman–Crippen MR) is 83.5 cm³/mol. The van der Waals surface area contributed by atoms with Crippen molar-refractivity contribution in [3.05, 3.63) is 47.7 Å². The van der Waals surface area contributed by atoms with E-state index >= 15 is 0 Å². The van der Waals surface area contributed by atoms with Crippen LogP contribution in [0, 0.1) is 12.7 Å². The first-order chi connectivity index (χ1) is 10.7. The lowest BCUT2D eigenvalue weighted by molar-refractivity contribution is -0.360. The minimum Gasteiger partial charge on any atom is -0.348 e. The zero-order chi connectivity index (χ0) is 15.1. The number of rotatable bonds is 2. The second kappa shape index (κ2) is 5.02. The molecule has 4 nitrogen and oxygen atoms in total. The molecule has 1 aromatic carbocycles. The van der Waals surface area contributed by atoms with Crippen LogP contribution in [0.15, 0.2) is 35.3 Å². The molecule has 22 heavy (non-hydrogen) atoms. The Morgan fingerprint density at radius 1 is 1.27 bits per heavy atom. The van der Waals surface area contributed by atoms with Crippen LogP contribution in [0.1, 0.15) is 23.9 Å². The van der Waals surface area contributed by atoms with Crippen LogP contribution >= 0.6 is 0 Å². The van der Waals surface area contributed by atoms with Gasteiger partial charge in [0.15, 0.2) is 11.2 Å². The number of fused-ring (bicyclic) bond motifs is 1. The normalized spacial score (nSPS) is 17.5. The molecule has 0 spiro atoms. The smallest absolute Gasteiger partial charge is 0.293 e. The fraction of sp³-hybridized carbons (Fsp3) is 0.235. The summed E-state index contributed by atoms with van der Waals surface area (Å²) < 4.78 is 13.1. The van der Waals surface area contributed by atoms with E-state index in [1.807, 2.05) is 19.2 Å². The van der Waals surface area contributed by atoms with Gasteiger partial charge < -0.3 is 4.98 Å². The molecular formula is C17H16FN4+. The van der Waals surface area contributed by atoms with Gasteiger partial charge >= 0.3 is 0 Å². The number of H-pyrrole nitrogens is 2. The molecule has 0 aliphatic carbocycles. The molecule has 5 heteroatoms. The summed E-state index contributed by atoms with van der Waals surface area (Å²) >= 11 is 0. The molecule has 3 aromatic rings. The topological polar surface area (TPSA) is 55.2 Å². The van der Waals surface area contributed by atoms with Crippen LogP contribution in [0.2, 0.25) is 0 Å². The molecule has 2 N–H and O–H groups in total. The van der Waals surface area contributed by atoms with Gasteiger partial charge in [0.2, 0.25) is 0 Å². The van der Waals surface area contributed by atoms with E-state index in [1.54, 1.807) is 12.1 Å². The minimum atomic E-state index is -0.230. The molecule has 0 saturated heterocycles. The van der Waals surface area contributed by atoms with E-state index in [0.717, 1.165) is 46.8 Å². The summed E-state index contributed by atoms with van der Waals surface area (Å²) in [5.74, 6) is 0.912. The van der Waals surface area contributed by atoms with Crippen molar-refractivity contribution in [2.75, 3.05) is 6.54 Å². The van der Waals surface area contributed by atoms with Crippen LogP contribution < -0.4 is 4.98 Å². The number of halogens is 1. The highest BCUT2D eigenvalue weighted by Gasteiger charge is 2.25. The average molecular weight is 295 g/mol. The molecule has 2 aromatic heterocycles. The van der Waals surface area contributed by atoms with Crippen molar-refractivity contribution in [2.24, 2.45) is 4.99 Å². The number of aryl methyl sites for hydroxylation is 1. The Balaban J connectivity index is 1.87. The largest absolute Gasteiger partial charge is 0.348 e. The maximum absolute atomic E-state index is 13.1. The van der Waals surface area contributed by atoms with Gasteiger partial charge in [-0.3, -0.25) is 4.99 Å². The Kier molecular flexibility index (Phi) is 2.99. The highest BCUT2D eigenvalue weighted by atomic mass is 19.1. The number of benzene rings is 1. The lowest BCUT2D eigenvalue weighted by atomic mass is 10.0. The van der Waals surface area contributed by atoms with E-state index in [1.165, 1.54) is 12.1 Å². The van der Waals surface area contributed by atoms with Gasteiger partial charge in [-0.25, -0.2) is 9.37 Å². The summed E-state index contributed by atoms with van der Waals surface area (Å²) in [7, 11) is 0. The fourth-order valence-electron chi connectivity index (χ4n) is 2.97. The van der Waals surface area contributed by atoms with Crippen LogP contribution in [0.25, 0.3) is 22.3 Å². The Hall–Kier alpha value is -2.56. The molecule has 0 amide bonds. The van der Waals surface area contributed by atoms with Crippen LogP contribution in [-0.4, -0.2) is 22.7 Å². The lowest BCUT2D eigenvalue weighted by Crippen LogP contribution is -2.14. The van der Waals surface area contributed by atoms with Crippen molar-refractivity contribution in [3.63, 3.8) is 0 Å². The van der Waals surface area contributed by atoms with Crippen molar-refractivity contribution in [3.8, 4) is 11.3 Å². The van der Waals surface area contributed by atoms with Gasteiger partial charge in [0.05, 0.1) is 11.6 Å². The highest BCUT2D eigenvalue weighted by Crippen LogP contribution is 2.29. The molecule has 0 bridgehead atoms. The quantitative estimate of drug-likeness (QED) is 0.776. The van der Waals surface area contributed by atoms with Gasteiger partial charge in [0.25, 0.3) is 5.82 Å². The van der Waals surface area contributed by atoms with Gasteiger partial charge in [0, 0.05) is 25.7 Å². The van der Waals surface area contributed by atoms with Crippen LogP contribution in [0.4, 0.5) is 4.39 Å². The van der Waals surface area contributed by atoms with Gasteiger partial charge in [-0.2, -0.15) is 0 Å². The molecular weight excluding hydrogens is 279 g/mol. The summed E-state index contributed by atoms with van der Waals surface area (Å²) in [6.45, 7) is 2.82. The minimum absolute atomic E-state index is 0.230. The van der Waals surface area contributed by atoms with Crippen molar-refractivity contribution < 1.29 is 9.37 Å². The number of hydrogen-bond donors (Lipinski definition) is 1. The molecule has 3 heterocycles. The zero-order valence-electron chi connectivity index (χ0n) is 12.2. The first kappa shape index (κ1) is 13.1. The Labute approximate surface area is 127 Å². The van der Waals surface area contributed by atoms with E-state index in [2.05, 4.69) is 19.9 Å². The van der Waals surface area contributed by atoms with E-state index < -0.39 is 0 Å². The molecule has 110 valence electrons. The van der Waals surface area contributed by atoms with Crippen molar-refractivity contribution >= 4 is 17.2 Å². The molecule has 1 aliphatic heterocycles. The van der Waals surface area contributed by atoms with Gasteiger partial charge in [0.1, 0.15) is 11.3 Å². The van der Waals surface area contributed by atoms with Gasteiger partial charge in [-0.15, -0.1) is 0 Å². The standard InChI is InChI=1S/C17H15FN4/c1-10-20-15-8-14(11-2-4-13(18)5-3-11)22-17(15)16(21-10)12-6-7-19-9-12/h2-5,8-9,12,22H,6-7H2,1H3/p+1. The lowest BCUT2D eigenvalue weighted by Gasteiger charge is -2.02. The monoisotopic (exact) mass is 295 g/mol. The van der Waals surface area contributed by atoms with Gasteiger partial charge in [-0.05, 0) is 41.2 Å². The molecule has 0 radical (unpaired) electrons.